The number of carbonyl (C=O) groups excluding carboxylic acids is 2. The van der Waals surface area contributed by atoms with Gasteiger partial charge in [-0.15, -0.1) is 0 Å². The van der Waals surface area contributed by atoms with Crippen LogP contribution >= 0.6 is 0 Å². The third-order valence-corrected chi connectivity index (χ3v) is 4.11. The molecule has 1 aromatic rings. The number of hydrogen-bond donors (Lipinski definition) is 2. The Labute approximate surface area is 138 Å². The lowest BCUT2D eigenvalue weighted by molar-refractivity contribution is -0.126. The van der Waals surface area contributed by atoms with E-state index in [4.69, 9.17) is 0 Å². The summed E-state index contributed by atoms with van der Waals surface area (Å²) in [4.78, 5) is 26.0. The second kappa shape index (κ2) is 7.99. The first-order chi connectivity index (χ1) is 11.0. The van der Waals surface area contributed by atoms with Crippen molar-refractivity contribution in [2.75, 3.05) is 13.1 Å². The van der Waals surface area contributed by atoms with Crippen LogP contribution in [0.5, 0.6) is 0 Å². The first-order valence-corrected chi connectivity index (χ1v) is 8.34. The maximum absolute atomic E-state index is 12.3. The minimum atomic E-state index is -0.0291. The number of piperidine rings is 1. The zero-order valence-electron chi connectivity index (χ0n) is 14.3. The summed E-state index contributed by atoms with van der Waals surface area (Å²) in [5.74, 6) is 0.0957. The Bertz CT molecular complexity index is 549. The molecule has 0 saturated carbocycles. The van der Waals surface area contributed by atoms with Gasteiger partial charge in [0.05, 0.1) is 0 Å². The zero-order chi connectivity index (χ0) is 16.8. The standard InChI is InChI=1S/C18H27N3O2/c1-13(2)20-18(23)21-9-7-16(8-10-21)17(22)19-12-15-6-4-5-14(3)11-15/h4-6,11,13,16H,7-10,12H2,1-3H3,(H,19,22)(H,20,23). The first kappa shape index (κ1) is 17.3. The van der Waals surface area contributed by atoms with Gasteiger partial charge in [0, 0.05) is 31.6 Å². The van der Waals surface area contributed by atoms with Crippen LogP contribution in [0.4, 0.5) is 4.79 Å². The van der Waals surface area contributed by atoms with Crippen LogP contribution in [-0.2, 0) is 11.3 Å². The highest BCUT2D eigenvalue weighted by Gasteiger charge is 2.27. The second-order valence-electron chi connectivity index (χ2n) is 6.57. The van der Waals surface area contributed by atoms with Crippen LogP contribution < -0.4 is 10.6 Å². The monoisotopic (exact) mass is 317 g/mol. The Hall–Kier alpha value is -2.04. The molecule has 0 aliphatic carbocycles. The molecule has 1 aliphatic rings. The Morgan fingerprint density at radius 1 is 1.26 bits per heavy atom. The molecule has 0 radical (unpaired) electrons. The molecule has 5 heteroatoms. The van der Waals surface area contributed by atoms with Gasteiger partial charge in [-0.1, -0.05) is 29.8 Å². The fourth-order valence-corrected chi connectivity index (χ4v) is 2.84. The number of urea groups is 1. The second-order valence-corrected chi connectivity index (χ2v) is 6.57. The van der Waals surface area contributed by atoms with E-state index in [0.29, 0.717) is 19.6 Å². The summed E-state index contributed by atoms with van der Waals surface area (Å²) in [6.07, 6.45) is 1.45. The van der Waals surface area contributed by atoms with Crippen LogP contribution in [0.15, 0.2) is 24.3 Å². The number of likely N-dealkylation sites (tertiary alicyclic amines) is 1. The number of aryl methyl sites for hydroxylation is 1. The predicted molar refractivity (Wildman–Crippen MR) is 91.0 cm³/mol. The average molecular weight is 317 g/mol. The van der Waals surface area contributed by atoms with E-state index in [-0.39, 0.29) is 23.9 Å². The third-order valence-electron chi connectivity index (χ3n) is 4.11. The summed E-state index contributed by atoms with van der Waals surface area (Å²) in [6, 6.07) is 8.26. The third kappa shape index (κ3) is 5.27. The van der Waals surface area contributed by atoms with Crippen molar-refractivity contribution in [3.05, 3.63) is 35.4 Å². The highest BCUT2D eigenvalue weighted by Crippen LogP contribution is 2.17. The van der Waals surface area contributed by atoms with Gasteiger partial charge < -0.3 is 15.5 Å². The maximum atomic E-state index is 12.3. The molecule has 2 N–H and O–H groups in total. The number of carbonyl (C=O) groups is 2. The molecular formula is C18H27N3O2. The topological polar surface area (TPSA) is 61.4 Å². The molecule has 0 spiro atoms. The Balaban J connectivity index is 1.76. The number of amides is 3. The molecule has 1 heterocycles. The van der Waals surface area contributed by atoms with E-state index in [1.165, 1.54) is 5.56 Å². The minimum absolute atomic E-state index is 0.00269. The van der Waals surface area contributed by atoms with Gasteiger partial charge in [-0.2, -0.15) is 0 Å². The summed E-state index contributed by atoms with van der Waals surface area (Å²) < 4.78 is 0. The van der Waals surface area contributed by atoms with Gasteiger partial charge in [0.15, 0.2) is 0 Å². The molecule has 1 fully saturated rings. The van der Waals surface area contributed by atoms with Crippen LogP contribution in [0.1, 0.15) is 37.8 Å². The lowest BCUT2D eigenvalue weighted by atomic mass is 9.96. The highest BCUT2D eigenvalue weighted by atomic mass is 16.2. The fourth-order valence-electron chi connectivity index (χ4n) is 2.84. The summed E-state index contributed by atoms with van der Waals surface area (Å²) >= 11 is 0. The van der Waals surface area contributed by atoms with Crippen molar-refractivity contribution in [3.63, 3.8) is 0 Å². The van der Waals surface area contributed by atoms with Crippen LogP contribution in [0.3, 0.4) is 0 Å². The largest absolute Gasteiger partial charge is 0.352 e. The van der Waals surface area contributed by atoms with E-state index in [1.807, 2.05) is 39.0 Å². The van der Waals surface area contributed by atoms with Crippen LogP contribution in [0.2, 0.25) is 0 Å². The fraction of sp³-hybridized carbons (Fsp3) is 0.556. The Kier molecular flexibility index (Phi) is 6.02. The van der Waals surface area contributed by atoms with Crippen molar-refractivity contribution in [3.8, 4) is 0 Å². The number of benzene rings is 1. The Morgan fingerprint density at radius 2 is 1.96 bits per heavy atom. The van der Waals surface area contributed by atoms with Gasteiger partial charge >= 0.3 is 6.03 Å². The van der Waals surface area contributed by atoms with Crippen molar-refractivity contribution in [2.45, 2.75) is 46.2 Å². The normalized spacial score (nSPS) is 15.6. The summed E-state index contributed by atoms with van der Waals surface area (Å²) in [6.45, 7) is 7.78. The van der Waals surface area contributed by atoms with Gasteiger partial charge in [-0.05, 0) is 39.2 Å². The lowest BCUT2D eigenvalue weighted by Gasteiger charge is -2.32. The zero-order valence-corrected chi connectivity index (χ0v) is 14.3. The van der Waals surface area contributed by atoms with Crippen LogP contribution in [0.25, 0.3) is 0 Å². The van der Waals surface area contributed by atoms with Gasteiger partial charge in [0.25, 0.3) is 0 Å². The molecule has 0 atom stereocenters. The molecule has 0 aromatic heterocycles. The minimum Gasteiger partial charge on any atom is -0.352 e. The summed E-state index contributed by atoms with van der Waals surface area (Å²) in [7, 11) is 0. The van der Waals surface area contributed by atoms with Crippen molar-refractivity contribution >= 4 is 11.9 Å². The van der Waals surface area contributed by atoms with Crippen LogP contribution in [0, 0.1) is 12.8 Å². The Morgan fingerprint density at radius 3 is 2.57 bits per heavy atom. The van der Waals surface area contributed by atoms with Gasteiger partial charge in [0.2, 0.25) is 5.91 Å². The molecule has 0 unspecified atom stereocenters. The quantitative estimate of drug-likeness (QED) is 0.896. The average Bonchev–Trinajstić information content (AvgIpc) is 2.52. The number of rotatable bonds is 4. The van der Waals surface area contributed by atoms with E-state index in [1.54, 1.807) is 4.90 Å². The van der Waals surface area contributed by atoms with E-state index in [9.17, 15) is 9.59 Å². The molecule has 2 rings (SSSR count). The molecule has 1 saturated heterocycles. The van der Waals surface area contributed by atoms with Gasteiger partial charge in [0.1, 0.15) is 0 Å². The molecule has 1 aromatic carbocycles. The highest BCUT2D eigenvalue weighted by molar-refractivity contribution is 5.79. The van der Waals surface area contributed by atoms with E-state index in [2.05, 4.69) is 16.7 Å². The van der Waals surface area contributed by atoms with Crippen molar-refractivity contribution in [2.24, 2.45) is 5.92 Å². The molecule has 1 aliphatic heterocycles. The number of hydrogen-bond acceptors (Lipinski definition) is 2. The lowest BCUT2D eigenvalue weighted by Crippen LogP contribution is -2.48. The SMILES string of the molecule is Cc1cccc(CNC(=O)C2CCN(C(=O)NC(C)C)CC2)c1. The van der Waals surface area contributed by atoms with E-state index in [0.717, 1.165) is 18.4 Å². The smallest absolute Gasteiger partial charge is 0.317 e. The number of nitrogens with zero attached hydrogens (tertiary/aromatic N) is 1. The molecule has 23 heavy (non-hydrogen) atoms. The maximum Gasteiger partial charge on any atom is 0.317 e. The summed E-state index contributed by atoms with van der Waals surface area (Å²) in [5, 5.41) is 5.91. The number of nitrogens with one attached hydrogen (secondary N) is 2. The van der Waals surface area contributed by atoms with Crippen molar-refractivity contribution < 1.29 is 9.59 Å². The summed E-state index contributed by atoms with van der Waals surface area (Å²) in [5.41, 5.74) is 2.31. The van der Waals surface area contributed by atoms with Gasteiger partial charge in [-0.25, -0.2) is 4.79 Å². The molecule has 3 amide bonds. The van der Waals surface area contributed by atoms with Gasteiger partial charge in [-0.3, -0.25) is 4.79 Å². The molecular weight excluding hydrogens is 290 g/mol. The van der Waals surface area contributed by atoms with Crippen molar-refractivity contribution in [1.29, 1.82) is 0 Å². The molecule has 126 valence electrons. The van der Waals surface area contributed by atoms with Crippen molar-refractivity contribution in [1.82, 2.24) is 15.5 Å². The van der Waals surface area contributed by atoms with Crippen LogP contribution in [-0.4, -0.2) is 36.0 Å². The molecule has 0 bridgehead atoms. The van der Waals surface area contributed by atoms with E-state index >= 15 is 0 Å². The molecule has 5 nitrogen and oxygen atoms in total. The predicted octanol–water partition coefficient (Wildman–Crippen LogP) is 2.44. The van der Waals surface area contributed by atoms with E-state index < -0.39 is 0 Å². The first-order valence-electron chi connectivity index (χ1n) is 8.34.